The van der Waals surface area contributed by atoms with Crippen LogP contribution in [-0.4, -0.2) is 36.0 Å². The fourth-order valence-electron chi connectivity index (χ4n) is 2.70. The van der Waals surface area contributed by atoms with E-state index >= 15 is 0 Å². The highest BCUT2D eigenvalue weighted by atomic mass is 35.5. The highest BCUT2D eigenvalue weighted by Gasteiger charge is 2.24. The summed E-state index contributed by atoms with van der Waals surface area (Å²) < 4.78 is 0. The van der Waals surface area contributed by atoms with E-state index < -0.39 is 0 Å². The largest absolute Gasteiger partial charge is 0.314 e. The van der Waals surface area contributed by atoms with Crippen molar-refractivity contribution >= 4 is 17.3 Å². The predicted octanol–water partition coefficient (Wildman–Crippen LogP) is 2.99. The molecule has 1 aliphatic rings. The number of rotatable bonds is 5. The second-order valence-electron chi connectivity index (χ2n) is 5.05. The van der Waals surface area contributed by atoms with Crippen LogP contribution in [0.2, 0.25) is 5.02 Å². The molecule has 1 fully saturated rings. The fourth-order valence-corrected chi connectivity index (χ4v) is 2.95. The number of nitro benzene ring substituents is 1. The van der Waals surface area contributed by atoms with E-state index in [1.165, 1.54) is 6.07 Å². The van der Waals surface area contributed by atoms with E-state index in [4.69, 9.17) is 11.6 Å². The van der Waals surface area contributed by atoms with Crippen LogP contribution >= 0.6 is 11.6 Å². The zero-order valence-corrected chi connectivity index (χ0v) is 12.4. The molecule has 0 bridgehead atoms. The minimum atomic E-state index is -0.361. The Labute approximate surface area is 124 Å². The molecule has 0 aliphatic carbocycles. The number of hydrogen-bond donors (Lipinski definition) is 1. The molecule has 0 radical (unpaired) electrons. The number of halogens is 1. The van der Waals surface area contributed by atoms with Crippen LogP contribution in [0.25, 0.3) is 0 Å². The molecular formula is C14H20ClN3O2. The highest BCUT2D eigenvalue weighted by molar-refractivity contribution is 6.31. The summed E-state index contributed by atoms with van der Waals surface area (Å²) in [5.41, 5.74) is 0.991. The van der Waals surface area contributed by atoms with Crippen LogP contribution in [0.4, 0.5) is 5.69 Å². The van der Waals surface area contributed by atoms with Gasteiger partial charge in [0.1, 0.15) is 0 Å². The summed E-state index contributed by atoms with van der Waals surface area (Å²) in [5.74, 6) is 0. The van der Waals surface area contributed by atoms with E-state index in [2.05, 4.69) is 17.1 Å². The molecule has 2 rings (SSSR count). The lowest BCUT2D eigenvalue weighted by atomic mass is 9.99. The maximum Gasteiger partial charge on any atom is 0.269 e. The van der Waals surface area contributed by atoms with Crippen LogP contribution in [0.15, 0.2) is 18.2 Å². The summed E-state index contributed by atoms with van der Waals surface area (Å²) in [7, 11) is 0. The van der Waals surface area contributed by atoms with Crippen LogP contribution in [0.5, 0.6) is 0 Å². The second kappa shape index (κ2) is 7.02. The van der Waals surface area contributed by atoms with E-state index in [0.29, 0.717) is 5.02 Å². The molecule has 1 N–H and O–H groups in total. The molecule has 0 amide bonds. The van der Waals surface area contributed by atoms with E-state index in [0.717, 1.165) is 44.6 Å². The van der Waals surface area contributed by atoms with Crippen LogP contribution in [0, 0.1) is 10.1 Å². The summed E-state index contributed by atoms with van der Waals surface area (Å²) in [6.07, 6.45) is 1.98. The molecule has 1 aromatic carbocycles. The van der Waals surface area contributed by atoms with Gasteiger partial charge in [0.2, 0.25) is 0 Å². The number of nitrogens with zero attached hydrogens (tertiary/aromatic N) is 2. The van der Waals surface area contributed by atoms with Gasteiger partial charge >= 0.3 is 0 Å². The Kier molecular flexibility index (Phi) is 5.34. The molecule has 0 saturated carbocycles. The van der Waals surface area contributed by atoms with Gasteiger partial charge in [-0.15, -0.1) is 0 Å². The first-order valence-corrected chi connectivity index (χ1v) is 7.40. The molecule has 1 aromatic rings. The molecule has 110 valence electrons. The quantitative estimate of drug-likeness (QED) is 0.670. The van der Waals surface area contributed by atoms with Crippen molar-refractivity contribution in [3.8, 4) is 0 Å². The van der Waals surface area contributed by atoms with Gasteiger partial charge in [0.05, 0.1) is 4.92 Å². The normalized spacial score (nSPS) is 17.9. The van der Waals surface area contributed by atoms with Gasteiger partial charge in [0.25, 0.3) is 5.69 Å². The molecule has 0 unspecified atom stereocenters. The second-order valence-corrected chi connectivity index (χ2v) is 5.46. The molecule has 1 heterocycles. The smallest absolute Gasteiger partial charge is 0.269 e. The van der Waals surface area contributed by atoms with Crippen LogP contribution in [0.1, 0.15) is 31.4 Å². The lowest BCUT2D eigenvalue weighted by molar-refractivity contribution is -0.385. The van der Waals surface area contributed by atoms with Gasteiger partial charge in [-0.2, -0.15) is 0 Å². The summed E-state index contributed by atoms with van der Waals surface area (Å²) in [6, 6.07) is 4.89. The minimum Gasteiger partial charge on any atom is -0.314 e. The molecule has 1 atom stereocenters. The standard InChI is InChI=1S/C14H20ClN3O2/c1-2-3-14(17-8-6-16-7-9-17)12-10-11(18(19)20)4-5-13(12)15/h4-5,10,14,16H,2-3,6-9H2,1H3/t14-/m0/s1. The lowest BCUT2D eigenvalue weighted by Crippen LogP contribution is -2.45. The van der Waals surface area contributed by atoms with E-state index in [1.54, 1.807) is 12.1 Å². The SMILES string of the molecule is CCC[C@@H](c1cc([N+](=O)[O-])ccc1Cl)N1CCNCC1. The number of non-ortho nitro benzene ring substituents is 1. The average molecular weight is 298 g/mol. The Morgan fingerprint density at radius 1 is 1.45 bits per heavy atom. The summed E-state index contributed by atoms with van der Waals surface area (Å²) in [4.78, 5) is 13.0. The first-order chi connectivity index (χ1) is 9.63. The average Bonchev–Trinajstić information content (AvgIpc) is 2.46. The van der Waals surface area contributed by atoms with E-state index in [9.17, 15) is 10.1 Å². The molecule has 0 aromatic heterocycles. The Bertz CT molecular complexity index is 475. The van der Waals surface area contributed by atoms with Gasteiger partial charge in [-0.25, -0.2) is 0 Å². The van der Waals surface area contributed by atoms with E-state index in [-0.39, 0.29) is 16.7 Å². The predicted molar refractivity (Wildman–Crippen MR) is 80.2 cm³/mol. The number of nitro groups is 1. The number of piperazine rings is 1. The monoisotopic (exact) mass is 297 g/mol. The van der Waals surface area contributed by atoms with Crippen molar-refractivity contribution in [2.24, 2.45) is 0 Å². The minimum absolute atomic E-state index is 0.112. The number of benzene rings is 1. The van der Waals surface area contributed by atoms with Crippen LogP contribution in [-0.2, 0) is 0 Å². The topological polar surface area (TPSA) is 58.4 Å². The Morgan fingerprint density at radius 3 is 2.75 bits per heavy atom. The molecule has 6 heteroatoms. The summed E-state index contributed by atoms with van der Waals surface area (Å²) >= 11 is 6.29. The van der Waals surface area contributed by atoms with Gasteiger partial charge in [0, 0.05) is 49.4 Å². The van der Waals surface area contributed by atoms with Gasteiger partial charge in [-0.1, -0.05) is 24.9 Å². The van der Waals surface area contributed by atoms with Crippen molar-refractivity contribution in [3.63, 3.8) is 0 Å². The maximum atomic E-state index is 11.0. The van der Waals surface area contributed by atoms with Gasteiger partial charge in [0.15, 0.2) is 0 Å². The van der Waals surface area contributed by atoms with Crippen LogP contribution in [0.3, 0.4) is 0 Å². The first-order valence-electron chi connectivity index (χ1n) is 7.02. The zero-order chi connectivity index (χ0) is 14.5. The Hall–Kier alpha value is -1.17. The zero-order valence-electron chi connectivity index (χ0n) is 11.6. The number of hydrogen-bond acceptors (Lipinski definition) is 4. The van der Waals surface area contributed by atoms with Crippen molar-refractivity contribution < 1.29 is 4.92 Å². The third kappa shape index (κ3) is 3.48. The first kappa shape index (κ1) is 15.2. The van der Waals surface area contributed by atoms with Gasteiger partial charge in [-0.3, -0.25) is 15.0 Å². The molecule has 5 nitrogen and oxygen atoms in total. The summed E-state index contributed by atoms with van der Waals surface area (Å²) in [5, 5.41) is 14.9. The van der Waals surface area contributed by atoms with Crippen molar-refractivity contribution in [2.45, 2.75) is 25.8 Å². The third-order valence-electron chi connectivity index (χ3n) is 3.70. The van der Waals surface area contributed by atoms with Crippen LogP contribution < -0.4 is 5.32 Å². The number of nitrogens with one attached hydrogen (secondary N) is 1. The van der Waals surface area contributed by atoms with Crippen molar-refractivity contribution in [2.75, 3.05) is 26.2 Å². The molecule has 20 heavy (non-hydrogen) atoms. The Morgan fingerprint density at radius 2 is 2.15 bits per heavy atom. The third-order valence-corrected chi connectivity index (χ3v) is 4.05. The fraction of sp³-hybridized carbons (Fsp3) is 0.571. The molecule has 1 saturated heterocycles. The highest BCUT2D eigenvalue weighted by Crippen LogP contribution is 2.33. The van der Waals surface area contributed by atoms with E-state index in [1.807, 2.05) is 0 Å². The van der Waals surface area contributed by atoms with Crippen molar-refractivity contribution in [3.05, 3.63) is 38.9 Å². The van der Waals surface area contributed by atoms with Gasteiger partial charge < -0.3 is 5.32 Å². The summed E-state index contributed by atoms with van der Waals surface area (Å²) in [6.45, 7) is 5.92. The Balaban J connectivity index is 2.31. The maximum absolute atomic E-state index is 11.0. The lowest BCUT2D eigenvalue weighted by Gasteiger charge is -2.35. The van der Waals surface area contributed by atoms with Gasteiger partial charge in [-0.05, 0) is 18.1 Å². The molecular weight excluding hydrogens is 278 g/mol. The van der Waals surface area contributed by atoms with Crippen molar-refractivity contribution in [1.29, 1.82) is 0 Å². The molecule has 1 aliphatic heterocycles. The van der Waals surface area contributed by atoms with Crippen molar-refractivity contribution in [1.82, 2.24) is 10.2 Å². The molecule has 0 spiro atoms.